The summed E-state index contributed by atoms with van der Waals surface area (Å²) in [5, 5.41) is 16.5. The molecule has 3 heterocycles. The van der Waals surface area contributed by atoms with Crippen LogP contribution in [0.15, 0.2) is 42.6 Å². The minimum absolute atomic E-state index is 0. The SMILES string of the molecule is Cl.Cl.O=C(NC[C@@H](O)[C@@H]1Cc2ccccc2CN1)c1ccc(C(=O)N2CCOCC2)cn1. The van der Waals surface area contributed by atoms with Gasteiger partial charge in [-0.3, -0.25) is 14.6 Å². The number of carbonyl (C=O) groups is 2. The number of morpholine rings is 1. The quantitative estimate of drug-likeness (QED) is 0.591. The molecule has 2 aliphatic rings. The molecule has 1 saturated heterocycles. The van der Waals surface area contributed by atoms with E-state index in [0.29, 0.717) is 44.8 Å². The summed E-state index contributed by atoms with van der Waals surface area (Å²) < 4.78 is 5.26. The van der Waals surface area contributed by atoms with Crippen LogP contribution >= 0.6 is 24.8 Å². The summed E-state index contributed by atoms with van der Waals surface area (Å²) in [6.07, 6.45) is 1.41. The van der Waals surface area contributed by atoms with Gasteiger partial charge in [0.25, 0.3) is 11.8 Å². The van der Waals surface area contributed by atoms with Gasteiger partial charge in [0.2, 0.25) is 0 Å². The highest BCUT2D eigenvalue weighted by Crippen LogP contribution is 2.17. The van der Waals surface area contributed by atoms with Crippen LogP contribution in [0.5, 0.6) is 0 Å². The number of aromatic nitrogens is 1. The molecule has 0 radical (unpaired) electrons. The van der Waals surface area contributed by atoms with Crippen LogP contribution in [0, 0.1) is 0 Å². The zero-order valence-corrected chi connectivity index (χ0v) is 19.2. The van der Waals surface area contributed by atoms with Crippen molar-refractivity contribution >= 4 is 36.6 Å². The third-order valence-electron chi connectivity index (χ3n) is 5.59. The van der Waals surface area contributed by atoms with E-state index in [0.717, 1.165) is 0 Å². The van der Waals surface area contributed by atoms with E-state index >= 15 is 0 Å². The molecule has 0 spiro atoms. The van der Waals surface area contributed by atoms with Gasteiger partial charge in [-0.05, 0) is 29.7 Å². The maximum absolute atomic E-state index is 12.4. The zero-order valence-electron chi connectivity index (χ0n) is 17.5. The van der Waals surface area contributed by atoms with E-state index in [2.05, 4.69) is 27.8 Å². The molecule has 2 amide bonds. The van der Waals surface area contributed by atoms with Gasteiger partial charge in [-0.15, -0.1) is 24.8 Å². The number of rotatable bonds is 5. The number of fused-ring (bicyclic) bond motifs is 1. The van der Waals surface area contributed by atoms with Crippen LogP contribution in [0.3, 0.4) is 0 Å². The topological polar surface area (TPSA) is 104 Å². The molecule has 4 rings (SSSR count). The fourth-order valence-corrected chi connectivity index (χ4v) is 3.79. The molecule has 174 valence electrons. The molecule has 2 aromatic rings. The second-order valence-electron chi connectivity index (χ2n) is 7.57. The Morgan fingerprint density at radius 3 is 2.56 bits per heavy atom. The first-order chi connectivity index (χ1) is 14.6. The molecule has 1 aromatic carbocycles. The predicted octanol–water partition coefficient (Wildman–Crippen LogP) is 1.20. The number of pyridine rings is 1. The lowest BCUT2D eigenvalue weighted by atomic mass is 9.93. The Morgan fingerprint density at radius 2 is 1.88 bits per heavy atom. The summed E-state index contributed by atoms with van der Waals surface area (Å²) in [7, 11) is 0. The number of amides is 2. The van der Waals surface area contributed by atoms with Crippen molar-refractivity contribution in [1.82, 2.24) is 20.5 Å². The standard InChI is InChI=1S/C22H26N4O4.2ClH/c27-20(19-11-15-3-1-2-4-16(15)12-24-19)14-25-21(28)18-6-5-17(13-23-18)22(29)26-7-9-30-10-8-26;;/h1-6,13,19-20,24,27H,7-12,14H2,(H,25,28);2*1H/t19-,20+;;/m0../s1. The molecule has 0 unspecified atom stereocenters. The van der Waals surface area contributed by atoms with Gasteiger partial charge in [0.1, 0.15) is 5.69 Å². The number of nitrogens with one attached hydrogen (secondary N) is 2. The average molecular weight is 483 g/mol. The van der Waals surface area contributed by atoms with E-state index in [-0.39, 0.29) is 54.9 Å². The van der Waals surface area contributed by atoms with Gasteiger partial charge >= 0.3 is 0 Å². The minimum Gasteiger partial charge on any atom is -0.390 e. The Bertz CT molecular complexity index is 907. The lowest BCUT2D eigenvalue weighted by molar-refractivity contribution is 0.0302. The summed E-state index contributed by atoms with van der Waals surface area (Å²) >= 11 is 0. The van der Waals surface area contributed by atoms with Crippen LogP contribution in [0.25, 0.3) is 0 Å². The van der Waals surface area contributed by atoms with Gasteiger partial charge in [0.15, 0.2) is 0 Å². The van der Waals surface area contributed by atoms with Gasteiger partial charge in [-0.1, -0.05) is 24.3 Å². The molecule has 0 bridgehead atoms. The number of hydrogen-bond acceptors (Lipinski definition) is 6. The Hall–Kier alpha value is -2.23. The van der Waals surface area contributed by atoms with Crippen molar-refractivity contribution in [2.75, 3.05) is 32.8 Å². The Kier molecular flexibility index (Phi) is 9.86. The highest BCUT2D eigenvalue weighted by Gasteiger charge is 2.25. The molecule has 0 aliphatic carbocycles. The first kappa shape index (κ1) is 26.0. The predicted molar refractivity (Wildman–Crippen MR) is 125 cm³/mol. The molecular weight excluding hydrogens is 455 g/mol. The molecule has 8 nitrogen and oxygen atoms in total. The first-order valence-corrected chi connectivity index (χ1v) is 10.2. The highest BCUT2D eigenvalue weighted by atomic mass is 35.5. The van der Waals surface area contributed by atoms with Crippen molar-refractivity contribution in [3.05, 3.63) is 65.0 Å². The normalized spacial score (nSPS) is 18.4. The number of nitrogens with zero attached hydrogens (tertiary/aromatic N) is 2. The lowest BCUT2D eigenvalue weighted by Gasteiger charge is -2.30. The number of aliphatic hydroxyl groups is 1. The zero-order chi connectivity index (χ0) is 20.9. The molecule has 1 aromatic heterocycles. The molecule has 10 heteroatoms. The van der Waals surface area contributed by atoms with E-state index in [9.17, 15) is 14.7 Å². The highest BCUT2D eigenvalue weighted by molar-refractivity contribution is 5.96. The minimum atomic E-state index is -0.718. The smallest absolute Gasteiger partial charge is 0.269 e. The summed E-state index contributed by atoms with van der Waals surface area (Å²) in [5.74, 6) is -0.493. The van der Waals surface area contributed by atoms with Gasteiger partial charge in [-0.2, -0.15) is 0 Å². The fraction of sp³-hybridized carbons (Fsp3) is 0.409. The van der Waals surface area contributed by atoms with Gasteiger partial charge in [0, 0.05) is 38.4 Å². The summed E-state index contributed by atoms with van der Waals surface area (Å²) in [6, 6.07) is 11.2. The van der Waals surface area contributed by atoms with Crippen LogP contribution in [0.4, 0.5) is 0 Å². The maximum Gasteiger partial charge on any atom is 0.269 e. The van der Waals surface area contributed by atoms with Crippen LogP contribution in [0.1, 0.15) is 32.0 Å². The maximum atomic E-state index is 12.4. The van der Waals surface area contributed by atoms with E-state index < -0.39 is 6.10 Å². The molecule has 0 saturated carbocycles. The first-order valence-electron chi connectivity index (χ1n) is 10.2. The second-order valence-corrected chi connectivity index (χ2v) is 7.57. The van der Waals surface area contributed by atoms with Crippen molar-refractivity contribution in [2.24, 2.45) is 0 Å². The Balaban J connectivity index is 0.00000181. The number of benzene rings is 1. The second kappa shape index (κ2) is 12.1. The van der Waals surface area contributed by atoms with E-state index in [4.69, 9.17) is 4.74 Å². The number of carbonyl (C=O) groups excluding carboxylic acids is 2. The Labute approximate surface area is 199 Å². The summed E-state index contributed by atoms with van der Waals surface area (Å²) in [4.78, 5) is 30.7. The Morgan fingerprint density at radius 1 is 1.16 bits per heavy atom. The molecule has 2 atom stereocenters. The van der Waals surface area contributed by atoms with Crippen molar-refractivity contribution < 1.29 is 19.4 Å². The van der Waals surface area contributed by atoms with E-state index in [1.54, 1.807) is 11.0 Å². The van der Waals surface area contributed by atoms with Crippen molar-refractivity contribution in [2.45, 2.75) is 25.1 Å². The van der Waals surface area contributed by atoms with E-state index in [1.807, 2.05) is 12.1 Å². The van der Waals surface area contributed by atoms with Crippen molar-refractivity contribution in [1.29, 1.82) is 0 Å². The summed E-state index contributed by atoms with van der Waals surface area (Å²) in [5.41, 5.74) is 3.11. The fourth-order valence-electron chi connectivity index (χ4n) is 3.79. The lowest BCUT2D eigenvalue weighted by Crippen LogP contribution is -2.49. The number of hydrogen-bond donors (Lipinski definition) is 3. The number of halogens is 2. The van der Waals surface area contributed by atoms with Crippen molar-refractivity contribution in [3.8, 4) is 0 Å². The molecule has 32 heavy (non-hydrogen) atoms. The number of ether oxygens (including phenoxy) is 1. The molecular formula is C22H28Cl2N4O4. The molecule has 2 aliphatic heterocycles. The summed E-state index contributed by atoms with van der Waals surface area (Å²) in [6.45, 7) is 2.99. The third kappa shape index (κ3) is 6.17. The monoisotopic (exact) mass is 482 g/mol. The number of aliphatic hydroxyl groups excluding tert-OH is 1. The van der Waals surface area contributed by atoms with Crippen LogP contribution in [0.2, 0.25) is 0 Å². The molecule has 1 fully saturated rings. The van der Waals surface area contributed by atoms with Crippen molar-refractivity contribution in [3.63, 3.8) is 0 Å². The van der Waals surface area contributed by atoms with E-state index in [1.165, 1.54) is 23.4 Å². The third-order valence-corrected chi connectivity index (χ3v) is 5.59. The van der Waals surface area contributed by atoms with Gasteiger partial charge in [-0.25, -0.2) is 0 Å². The van der Waals surface area contributed by atoms with Crippen LogP contribution in [-0.2, 0) is 17.7 Å². The largest absolute Gasteiger partial charge is 0.390 e. The van der Waals surface area contributed by atoms with Crippen LogP contribution in [-0.4, -0.2) is 71.8 Å². The van der Waals surface area contributed by atoms with Crippen LogP contribution < -0.4 is 10.6 Å². The van der Waals surface area contributed by atoms with Gasteiger partial charge in [0.05, 0.1) is 24.9 Å². The van der Waals surface area contributed by atoms with Gasteiger partial charge < -0.3 is 25.4 Å². The molecule has 3 N–H and O–H groups in total. The average Bonchev–Trinajstić information content (AvgIpc) is 2.82.